The lowest BCUT2D eigenvalue weighted by Gasteiger charge is -2.39. The Morgan fingerprint density at radius 3 is 2.50 bits per heavy atom. The molecule has 0 bridgehead atoms. The Labute approximate surface area is 113 Å². The lowest BCUT2D eigenvalue weighted by molar-refractivity contribution is -0.175. The highest BCUT2D eigenvalue weighted by Gasteiger charge is 2.48. The maximum Gasteiger partial charge on any atom is 0.410 e. The maximum atomic E-state index is 13.2. The molecule has 0 unspecified atom stereocenters. The van der Waals surface area contributed by atoms with Crippen molar-refractivity contribution in [3.63, 3.8) is 0 Å². The number of aromatic carboxylic acids is 1. The number of rotatable bonds is 1. The number of alkyl halides is 3. The van der Waals surface area contributed by atoms with Gasteiger partial charge in [-0.25, -0.2) is 9.48 Å². The molecule has 2 atom stereocenters. The number of hydrogen-bond acceptors (Lipinski definition) is 3. The van der Waals surface area contributed by atoms with E-state index in [2.05, 4.69) is 10.4 Å². The number of carbonyl (C=O) groups is 1. The minimum Gasteiger partial charge on any atom is -0.476 e. The Bertz CT molecular complexity index is 531. The van der Waals surface area contributed by atoms with Gasteiger partial charge in [-0.2, -0.15) is 18.3 Å². The molecule has 1 aliphatic heterocycles. The molecule has 0 fully saturated rings. The van der Waals surface area contributed by atoms with Crippen LogP contribution in [-0.4, -0.2) is 33.1 Å². The average Bonchev–Trinajstić information content (AvgIpc) is 2.68. The lowest BCUT2D eigenvalue weighted by atomic mass is 9.82. The van der Waals surface area contributed by atoms with Crippen molar-refractivity contribution in [3.05, 3.63) is 11.8 Å². The summed E-state index contributed by atoms with van der Waals surface area (Å²) in [6, 6.07) is -1.09. The van der Waals surface area contributed by atoms with E-state index in [1.807, 2.05) is 20.8 Å². The molecule has 2 heterocycles. The third-order valence-corrected chi connectivity index (χ3v) is 3.45. The molecule has 1 aromatic rings. The number of fused-ring (bicyclic) bond motifs is 1. The van der Waals surface area contributed by atoms with Gasteiger partial charge in [-0.05, 0) is 11.8 Å². The lowest BCUT2D eigenvalue weighted by Crippen LogP contribution is -2.44. The van der Waals surface area contributed by atoms with E-state index < -0.39 is 29.9 Å². The normalized spacial score (nSPS) is 23.1. The Balaban J connectivity index is 2.47. The van der Waals surface area contributed by atoms with Gasteiger partial charge >= 0.3 is 12.1 Å². The van der Waals surface area contributed by atoms with Gasteiger partial charge in [0.05, 0.1) is 0 Å². The van der Waals surface area contributed by atoms with Gasteiger partial charge in [-0.3, -0.25) is 0 Å². The summed E-state index contributed by atoms with van der Waals surface area (Å²) in [5.41, 5.74) is -0.779. The Hall–Kier alpha value is -1.73. The van der Waals surface area contributed by atoms with E-state index in [0.29, 0.717) is 0 Å². The molecular weight excluding hydrogens is 275 g/mol. The van der Waals surface area contributed by atoms with E-state index in [0.717, 1.165) is 10.7 Å². The van der Waals surface area contributed by atoms with E-state index in [-0.39, 0.29) is 17.7 Å². The Kier molecular flexibility index (Phi) is 3.22. The second kappa shape index (κ2) is 4.39. The number of aromatic nitrogens is 2. The maximum absolute atomic E-state index is 13.2. The van der Waals surface area contributed by atoms with Crippen LogP contribution in [0.4, 0.5) is 19.0 Å². The van der Waals surface area contributed by atoms with Gasteiger partial charge in [-0.15, -0.1) is 0 Å². The molecule has 8 heteroatoms. The molecule has 0 saturated carbocycles. The van der Waals surface area contributed by atoms with E-state index >= 15 is 0 Å². The smallest absolute Gasteiger partial charge is 0.410 e. The molecule has 2 N–H and O–H groups in total. The molecule has 2 rings (SSSR count). The molecule has 0 amide bonds. The summed E-state index contributed by atoms with van der Waals surface area (Å²) in [6.45, 7) is 5.51. The summed E-state index contributed by atoms with van der Waals surface area (Å²) < 4.78 is 40.2. The van der Waals surface area contributed by atoms with Crippen molar-refractivity contribution in [3.8, 4) is 0 Å². The van der Waals surface area contributed by atoms with Crippen molar-refractivity contribution < 1.29 is 23.1 Å². The SMILES string of the molecule is CC(C)(C)[C@H]1C[C@@H](C(F)(F)F)n2nc(C(=O)O)cc2N1. The fraction of sp³-hybridized carbons (Fsp3) is 0.667. The molecule has 0 saturated heterocycles. The van der Waals surface area contributed by atoms with E-state index in [4.69, 9.17) is 5.11 Å². The predicted octanol–water partition coefficient (Wildman–Crippen LogP) is 2.92. The number of anilines is 1. The van der Waals surface area contributed by atoms with Crippen LogP contribution in [0.15, 0.2) is 6.07 Å². The number of carboxylic acid groups (broad SMARTS) is 1. The molecule has 0 aliphatic carbocycles. The van der Waals surface area contributed by atoms with Crippen LogP contribution in [0.2, 0.25) is 0 Å². The highest BCUT2D eigenvalue weighted by Crippen LogP contribution is 2.42. The highest BCUT2D eigenvalue weighted by atomic mass is 19.4. The minimum absolute atomic E-state index is 0.0934. The second-order valence-electron chi connectivity index (χ2n) is 6.02. The summed E-state index contributed by atoms with van der Waals surface area (Å²) in [5, 5.41) is 15.4. The molecule has 112 valence electrons. The summed E-state index contributed by atoms with van der Waals surface area (Å²) in [4.78, 5) is 10.9. The first-order valence-corrected chi connectivity index (χ1v) is 6.16. The van der Waals surface area contributed by atoms with Crippen molar-refractivity contribution in [2.45, 2.75) is 45.5 Å². The zero-order valence-corrected chi connectivity index (χ0v) is 11.3. The van der Waals surface area contributed by atoms with Crippen molar-refractivity contribution in [2.75, 3.05) is 5.32 Å². The summed E-state index contributed by atoms with van der Waals surface area (Å²) >= 11 is 0. The summed E-state index contributed by atoms with van der Waals surface area (Å²) in [6.07, 6.45) is -4.65. The van der Waals surface area contributed by atoms with Gasteiger partial charge in [-0.1, -0.05) is 20.8 Å². The van der Waals surface area contributed by atoms with Crippen molar-refractivity contribution in [1.82, 2.24) is 9.78 Å². The van der Waals surface area contributed by atoms with Crippen molar-refractivity contribution >= 4 is 11.8 Å². The highest BCUT2D eigenvalue weighted by molar-refractivity contribution is 5.86. The van der Waals surface area contributed by atoms with Crippen molar-refractivity contribution in [2.24, 2.45) is 5.41 Å². The van der Waals surface area contributed by atoms with Gasteiger partial charge in [0.2, 0.25) is 0 Å². The van der Waals surface area contributed by atoms with Crippen LogP contribution in [0.5, 0.6) is 0 Å². The fourth-order valence-electron chi connectivity index (χ4n) is 2.25. The number of nitrogens with one attached hydrogen (secondary N) is 1. The van der Waals surface area contributed by atoms with E-state index in [1.165, 1.54) is 0 Å². The van der Waals surface area contributed by atoms with Crippen LogP contribution in [0.25, 0.3) is 0 Å². The zero-order valence-electron chi connectivity index (χ0n) is 11.3. The van der Waals surface area contributed by atoms with Crippen LogP contribution in [0.1, 0.15) is 43.7 Å². The van der Waals surface area contributed by atoms with Gasteiger partial charge < -0.3 is 10.4 Å². The Morgan fingerprint density at radius 1 is 1.45 bits per heavy atom. The first-order chi connectivity index (χ1) is 9.00. The average molecular weight is 291 g/mol. The first-order valence-electron chi connectivity index (χ1n) is 6.16. The van der Waals surface area contributed by atoms with Crippen LogP contribution < -0.4 is 5.32 Å². The van der Waals surface area contributed by atoms with E-state index in [9.17, 15) is 18.0 Å². The summed E-state index contributed by atoms with van der Waals surface area (Å²) in [7, 11) is 0. The molecule has 5 nitrogen and oxygen atoms in total. The Morgan fingerprint density at radius 2 is 2.05 bits per heavy atom. The van der Waals surface area contributed by atoms with Gasteiger partial charge in [0.25, 0.3) is 0 Å². The third-order valence-electron chi connectivity index (χ3n) is 3.45. The van der Waals surface area contributed by atoms with Crippen molar-refractivity contribution in [1.29, 1.82) is 0 Å². The molecule has 20 heavy (non-hydrogen) atoms. The molecule has 0 spiro atoms. The largest absolute Gasteiger partial charge is 0.476 e. The number of halogens is 3. The number of nitrogens with zero attached hydrogens (tertiary/aromatic N) is 2. The topological polar surface area (TPSA) is 67.2 Å². The van der Waals surface area contributed by atoms with Crippen LogP contribution >= 0.6 is 0 Å². The van der Waals surface area contributed by atoms with E-state index in [1.54, 1.807) is 0 Å². The minimum atomic E-state index is -4.47. The molecular formula is C12H16F3N3O2. The number of hydrogen-bond donors (Lipinski definition) is 2. The monoisotopic (exact) mass is 291 g/mol. The van der Waals surface area contributed by atoms with Gasteiger partial charge in [0.15, 0.2) is 11.7 Å². The number of carboxylic acids is 1. The van der Waals surface area contributed by atoms with Crippen LogP contribution in [-0.2, 0) is 0 Å². The third kappa shape index (κ3) is 2.59. The quantitative estimate of drug-likeness (QED) is 0.835. The molecule has 1 aliphatic rings. The predicted molar refractivity (Wildman–Crippen MR) is 65.8 cm³/mol. The van der Waals surface area contributed by atoms with Crippen LogP contribution in [0, 0.1) is 5.41 Å². The summed E-state index contributed by atoms with van der Waals surface area (Å²) in [5.74, 6) is -1.25. The zero-order chi connectivity index (χ0) is 15.3. The fourth-order valence-corrected chi connectivity index (χ4v) is 2.25. The molecule has 0 aromatic carbocycles. The van der Waals surface area contributed by atoms with Gasteiger partial charge in [0, 0.05) is 12.1 Å². The van der Waals surface area contributed by atoms with Gasteiger partial charge in [0.1, 0.15) is 5.82 Å². The second-order valence-corrected chi connectivity index (χ2v) is 6.02. The van der Waals surface area contributed by atoms with Crippen LogP contribution in [0.3, 0.4) is 0 Å². The first kappa shape index (κ1) is 14.7. The molecule has 1 aromatic heterocycles. The molecule has 0 radical (unpaired) electrons. The standard InChI is InChI=1S/C12H16F3N3O2/c1-11(2,3)7-5-8(12(13,14)15)18-9(16-7)4-6(17-18)10(19)20/h4,7-8,16H,5H2,1-3H3,(H,19,20)/t7-,8+/m1/s1.